The first-order valence-electron chi connectivity index (χ1n) is 8.50. The highest BCUT2D eigenvalue weighted by Crippen LogP contribution is 2.23. The summed E-state index contributed by atoms with van der Waals surface area (Å²) in [4.78, 5) is 17.6. The van der Waals surface area contributed by atoms with E-state index in [1.54, 1.807) is 12.1 Å². The second-order valence-electron chi connectivity index (χ2n) is 6.46. The Balaban J connectivity index is 1.45. The summed E-state index contributed by atoms with van der Waals surface area (Å²) in [5, 5.41) is 6.95. The van der Waals surface area contributed by atoms with Gasteiger partial charge in [0.25, 0.3) is 5.91 Å². The van der Waals surface area contributed by atoms with Gasteiger partial charge in [-0.25, -0.2) is 4.39 Å². The van der Waals surface area contributed by atoms with Crippen molar-refractivity contribution in [3.05, 3.63) is 35.6 Å². The molecule has 0 aromatic heterocycles. The number of nitrogens with one attached hydrogen (secondary N) is 1. The fourth-order valence-electron chi connectivity index (χ4n) is 3.16. The van der Waals surface area contributed by atoms with E-state index in [9.17, 15) is 9.18 Å². The van der Waals surface area contributed by atoms with Crippen molar-refractivity contribution in [3.8, 4) is 0 Å². The van der Waals surface area contributed by atoms with Crippen LogP contribution in [0.15, 0.2) is 29.4 Å². The Hall–Kier alpha value is -1.95. The molecule has 130 valence electrons. The molecule has 0 radical (unpaired) electrons. The number of carbonyl (C=O) groups is 1. The molecule has 6 heteroatoms. The van der Waals surface area contributed by atoms with Gasteiger partial charge in [-0.2, -0.15) is 0 Å². The predicted molar refractivity (Wildman–Crippen MR) is 88.1 cm³/mol. The number of amides is 1. The van der Waals surface area contributed by atoms with Crippen molar-refractivity contribution >= 4 is 11.6 Å². The largest absolute Gasteiger partial charge is 0.381 e. The molecule has 0 unspecified atom stereocenters. The van der Waals surface area contributed by atoms with Crippen molar-refractivity contribution < 1.29 is 18.8 Å². The lowest BCUT2D eigenvalue weighted by Gasteiger charge is -2.15. The second-order valence-corrected chi connectivity index (χ2v) is 6.46. The van der Waals surface area contributed by atoms with Gasteiger partial charge < -0.3 is 14.9 Å². The molecule has 2 heterocycles. The molecule has 0 spiro atoms. The number of ether oxygens (including phenoxy) is 1. The van der Waals surface area contributed by atoms with Crippen LogP contribution in [-0.4, -0.2) is 37.5 Å². The minimum Gasteiger partial charge on any atom is -0.381 e. The van der Waals surface area contributed by atoms with Crippen molar-refractivity contribution in [3.63, 3.8) is 0 Å². The Morgan fingerprint density at radius 1 is 1.38 bits per heavy atom. The van der Waals surface area contributed by atoms with E-state index in [0.717, 1.165) is 38.0 Å². The average molecular weight is 334 g/mol. The van der Waals surface area contributed by atoms with Crippen LogP contribution >= 0.6 is 0 Å². The first kappa shape index (κ1) is 16.9. The zero-order chi connectivity index (χ0) is 16.9. The first-order chi connectivity index (χ1) is 11.6. The molecule has 1 amide bonds. The molecular weight excluding hydrogens is 311 g/mol. The van der Waals surface area contributed by atoms with Gasteiger partial charge in [-0.05, 0) is 42.9 Å². The summed E-state index contributed by atoms with van der Waals surface area (Å²) in [6.45, 7) is 4.22. The molecule has 2 aliphatic heterocycles. The molecule has 1 saturated heterocycles. The van der Waals surface area contributed by atoms with Crippen molar-refractivity contribution in [2.75, 3.05) is 19.8 Å². The molecule has 1 N–H and O–H groups in total. The Morgan fingerprint density at radius 2 is 2.17 bits per heavy atom. The molecule has 1 aromatic rings. The number of nitrogens with zero attached hydrogens (tertiary/aromatic N) is 1. The Kier molecular flexibility index (Phi) is 5.45. The summed E-state index contributed by atoms with van der Waals surface area (Å²) < 4.78 is 18.4. The zero-order valence-corrected chi connectivity index (χ0v) is 13.8. The van der Waals surface area contributed by atoms with Crippen molar-refractivity contribution in [2.24, 2.45) is 17.0 Å². The first-order valence-corrected chi connectivity index (χ1v) is 8.50. The van der Waals surface area contributed by atoms with Gasteiger partial charge in [0.05, 0.1) is 11.6 Å². The lowest BCUT2D eigenvalue weighted by molar-refractivity contribution is -0.132. The Labute approximate surface area is 141 Å². The highest BCUT2D eigenvalue weighted by molar-refractivity contribution is 6.05. The summed E-state index contributed by atoms with van der Waals surface area (Å²) >= 11 is 0. The summed E-state index contributed by atoms with van der Waals surface area (Å²) in [5.74, 6) is 0.00886. The normalized spacial score (nSPS) is 26.1. The van der Waals surface area contributed by atoms with Gasteiger partial charge in [-0.15, -0.1) is 0 Å². The number of halogens is 1. The van der Waals surface area contributed by atoms with E-state index in [1.807, 2.05) is 6.92 Å². The number of hydrogen-bond donors (Lipinski definition) is 1. The van der Waals surface area contributed by atoms with E-state index in [0.29, 0.717) is 18.2 Å². The van der Waals surface area contributed by atoms with Gasteiger partial charge in [-0.1, -0.05) is 24.2 Å². The van der Waals surface area contributed by atoms with E-state index < -0.39 is 6.10 Å². The minimum absolute atomic E-state index is 0.147. The van der Waals surface area contributed by atoms with Gasteiger partial charge in [0.1, 0.15) is 5.82 Å². The van der Waals surface area contributed by atoms with Gasteiger partial charge in [0, 0.05) is 19.8 Å². The molecule has 1 fully saturated rings. The lowest BCUT2D eigenvalue weighted by atomic mass is 9.93. The van der Waals surface area contributed by atoms with Crippen LogP contribution in [0.4, 0.5) is 4.39 Å². The number of rotatable bonds is 6. The van der Waals surface area contributed by atoms with E-state index in [1.165, 1.54) is 12.1 Å². The second kappa shape index (κ2) is 7.75. The third-order valence-corrected chi connectivity index (χ3v) is 4.66. The third-order valence-electron chi connectivity index (χ3n) is 4.66. The van der Waals surface area contributed by atoms with E-state index >= 15 is 0 Å². The van der Waals surface area contributed by atoms with E-state index in [-0.39, 0.29) is 17.6 Å². The number of benzene rings is 1. The fraction of sp³-hybridized carbons (Fsp3) is 0.556. The maximum atomic E-state index is 13.0. The standard InChI is InChI=1S/C18H23FN2O3/c1-12-16(14-4-6-15(19)7-5-14)21-24-17(12)18(22)20-9-2-3-13-8-10-23-11-13/h4-7,12-13,17H,2-3,8-11H2,1H3,(H,20,22)/t12-,13+,17+/m1/s1. The fourth-order valence-corrected chi connectivity index (χ4v) is 3.16. The summed E-state index contributed by atoms with van der Waals surface area (Å²) in [6.07, 6.45) is 2.50. The predicted octanol–water partition coefficient (Wildman–Crippen LogP) is 2.50. The highest BCUT2D eigenvalue weighted by atomic mass is 19.1. The quantitative estimate of drug-likeness (QED) is 0.813. The van der Waals surface area contributed by atoms with E-state index in [4.69, 9.17) is 9.57 Å². The SMILES string of the molecule is C[C@@H]1C(c2ccc(F)cc2)=NO[C@@H]1C(=O)NCCC[C@H]1CCOC1. The van der Waals surface area contributed by atoms with Crippen LogP contribution in [0.1, 0.15) is 31.7 Å². The summed E-state index contributed by atoms with van der Waals surface area (Å²) in [7, 11) is 0. The molecular formula is C18H23FN2O3. The minimum atomic E-state index is -0.625. The number of carbonyl (C=O) groups excluding carboxylic acids is 1. The third kappa shape index (κ3) is 3.93. The lowest BCUT2D eigenvalue weighted by Crippen LogP contribution is -2.39. The number of oxime groups is 1. The van der Waals surface area contributed by atoms with Crippen LogP contribution in [0.25, 0.3) is 0 Å². The molecule has 3 atom stereocenters. The van der Waals surface area contributed by atoms with Crippen LogP contribution in [-0.2, 0) is 14.4 Å². The zero-order valence-electron chi connectivity index (χ0n) is 13.8. The van der Waals surface area contributed by atoms with Gasteiger partial charge >= 0.3 is 0 Å². The van der Waals surface area contributed by atoms with Crippen LogP contribution in [0.2, 0.25) is 0 Å². The molecule has 0 saturated carbocycles. The maximum Gasteiger partial charge on any atom is 0.264 e. The maximum absolute atomic E-state index is 13.0. The molecule has 2 aliphatic rings. The molecule has 1 aromatic carbocycles. The summed E-state index contributed by atoms with van der Waals surface area (Å²) in [6, 6.07) is 6.06. The van der Waals surface area contributed by atoms with Gasteiger partial charge in [-0.3, -0.25) is 4.79 Å². The van der Waals surface area contributed by atoms with E-state index in [2.05, 4.69) is 10.5 Å². The van der Waals surface area contributed by atoms with Crippen LogP contribution in [0.3, 0.4) is 0 Å². The average Bonchev–Trinajstić information content (AvgIpc) is 3.22. The molecule has 0 bridgehead atoms. The van der Waals surface area contributed by atoms with Crippen molar-refractivity contribution in [1.29, 1.82) is 0 Å². The monoisotopic (exact) mass is 334 g/mol. The van der Waals surface area contributed by atoms with Crippen molar-refractivity contribution in [2.45, 2.75) is 32.3 Å². The highest BCUT2D eigenvalue weighted by Gasteiger charge is 2.36. The topological polar surface area (TPSA) is 59.9 Å². The molecule has 5 nitrogen and oxygen atoms in total. The van der Waals surface area contributed by atoms with Crippen molar-refractivity contribution in [1.82, 2.24) is 5.32 Å². The smallest absolute Gasteiger partial charge is 0.264 e. The Bertz CT molecular complexity index is 597. The van der Waals surface area contributed by atoms with Gasteiger partial charge in [0.2, 0.25) is 6.10 Å². The van der Waals surface area contributed by atoms with Crippen LogP contribution in [0, 0.1) is 17.7 Å². The van der Waals surface area contributed by atoms with Crippen LogP contribution in [0.5, 0.6) is 0 Å². The van der Waals surface area contributed by atoms with Gasteiger partial charge in [0.15, 0.2) is 0 Å². The Morgan fingerprint density at radius 3 is 2.88 bits per heavy atom. The number of hydrogen-bond acceptors (Lipinski definition) is 4. The van der Waals surface area contributed by atoms with Crippen LogP contribution < -0.4 is 5.32 Å². The summed E-state index contributed by atoms with van der Waals surface area (Å²) in [5.41, 5.74) is 1.46. The molecule has 24 heavy (non-hydrogen) atoms. The molecule has 3 rings (SSSR count). The molecule has 0 aliphatic carbocycles.